The van der Waals surface area contributed by atoms with Gasteiger partial charge in [-0.05, 0) is 31.5 Å². The molecule has 1 aliphatic heterocycles. The molecule has 2 nitrogen and oxygen atoms in total. The molecule has 0 atom stereocenters. The number of benzene rings is 1. The van der Waals surface area contributed by atoms with E-state index in [-0.39, 0.29) is 0 Å². The van der Waals surface area contributed by atoms with E-state index in [1.807, 2.05) is 27.7 Å². The Morgan fingerprint density at radius 1 is 1.04 bits per heavy atom. The van der Waals surface area contributed by atoms with Crippen molar-refractivity contribution in [1.82, 2.24) is 5.32 Å². The van der Waals surface area contributed by atoms with E-state index in [1.54, 1.807) is 6.08 Å². The van der Waals surface area contributed by atoms with Crippen LogP contribution in [0.5, 0.6) is 0 Å². The Bertz CT molecular complexity index is 373. The van der Waals surface area contributed by atoms with Crippen LogP contribution >= 0.6 is 0 Å². The smallest absolute Gasteiger partial charge is 0.0367 e. The average molecular weight is 319 g/mol. The van der Waals surface area contributed by atoms with Crippen LogP contribution in [0.2, 0.25) is 0 Å². The molecule has 132 valence electrons. The van der Waals surface area contributed by atoms with Crippen molar-refractivity contribution in [2.75, 3.05) is 31.1 Å². The van der Waals surface area contributed by atoms with E-state index in [0.717, 1.165) is 26.2 Å². The second-order valence-electron chi connectivity index (χ2n) is 4.94. The minimum atomic E-state index is 1.09. The van der Waals surface area contributed by atoms with Crippen LogP contribution in [-0.4, -0.2) is 26.2 Å². The topological polar surface area (TPSA) is 15.3 Å². The van der Waals surface area contributed by atoms with E-state index < -0.39 is 0 Å². The summed E-state index contributed by atoms with van der Waals surface area (Å²) in [7, 11) is 0. The Balaban J connectivity index is 0. The van der Waals surface area contributed by atoms with Crippen molar-refractivity contribution in [3.63, 3.8) is 0 Å². The van der Waals surface area contributed by atoms with Crippen molar-refractivity contribution in [2.24, 2.45) is 0 Å². The summed E-state index contributed by atoms with van der Waals surface area (Å²) in [6.07, 6.45) is 7.20. The highest BCUT2D eigenvalue weighted by Gasteiger charge is 2.09. The van der Waals surface area contributed by atoms with E-state index in [0.29, 0.717) is 0 Å². The van der Waals surface area contributed by atoms with Gasteiger partial charge in [-0.2, -0.15) is 0 Å². The van der Waals surface area contributed by atoms with E-state index in [2.05, 4.69) is 67.1 Å². The fraction of sp³-hybridized carbons (Fsp3) is 0.524. The standard InChI is InChI=1S/C13H18N2.C3H8.C3H6.C2H6/c1-2-3-12-4-6-13(7-5-12)15-10-8-14-9-11-15;2*1-3-2;1-2/h2-7,14H,8-11H2,1H3;3H2,1-2H3;3H,1H2,2H3;1-2H3/b3-2+;;;. The summed E-state index contributed by atoms with van der Waals surface area (Å²) in [5.41, 5.74) is 2.61. The van der Waals surface area contributed by atoms with Gasteiger partial charge in [0, 0.05) is 31.9 Å². The Morgan fingerprint density at radius 2 is 1.48 bits per heavy atom. The fourth-order valence-electron chi connectivity index (χ4n) is 1.91. The molecule has 1 heterocycles. The number of rotatable bonds is 2. The highest BCUT2D eigenvalue weighted by molar-refractivity contribution is 5.55. The summed E-state index contributed by atoms with van der Waals surface area (Å²) >= 11 is 0. The molecule has 0 aliphatic carbocycles. The van der Waals surface area contributed by atoms with Gasteiger partial charge < -0.3 is 10.2 Å². The van der Waals surface area contributed by atoms with Crippen LogP contribution in [0, 0.1) is 0 Å². The molecular formula is C21H38N2. The lowest BCUT2D eigenvalue weighted by Crippen LogP contribution is -2.43. The van der Waals surface area contributed by atoms with Crippen LogP contribution < -0.4 is 10.2 Å². The largest absolute Gasteiger partial charge is 0.369 e. The quantitative estimate of drug-likeness (QED) is 0.697. The summed E-state index contributed by atoms with van der Waals surface area (Å²) in [4.78, 5) is 2.43. The van der Waals surface area contributed by atoms with Gasteiger partial charge in [0.05, 0.1) is 0 Å². The zero-order chi connectivity index (χ0) is 17.9. The Morgan fingerprint density at radius 3 is 1.87 bits per heavy atom. The predicted octanol–water partition coefficient (Wildman–Crippen LogP) is 5.76. The van der Waals surface area contributed by atoms with Crippen LogP contribution in [0.15, 0.2) is 43.0 Å². The summed E-state index contributed by atoms with van der Waals surface area (Å²) in [6.45, 7) is 20.0. The number of hydrogen-bond donors (Lipinski definition) is 1. The number of nitrogens with zero attached hydrogens (tertiary/aromatic N) is 1. The highest BCUT2D eigenvalue weighted by Crippen LogP contribution is 2.16. The molecule has 0 spiro atoms. The van der Waals surface area contributed by atoms with E-state index in [1.165, 1.54) is 17.7 Å². The maximum absolute atomic E-state index is 3.36. The van der Waals surface area contributed by atoms with Gasteiger partial charge in [0.25, 0.3) is 0 Å². The molecule has 0 amide bonds. The summed E-state index contributed by atoms with van der Waals surface area (Å²) < 4.78 is 0. The SMILES string of the molecule is C/C=C/c1ccc(N2CCNCC2)cc1.C=CC.CC.CCC. The van der Waals surface area contributed by atoms with Crippen molar-refractivity contribution >= 4 is 11.8 Å². The molecule has 1 saturated heterocycles. The van der Waals surface area contributed by atoms with Gasteiger partial charge in [0.15, 0.2) is 0 Å². The fourth-order valence-corrected chi connectivity index (χ4v) is 1.91. The van der Waals surface area contributed by atoms with E-state index >= 15 is 0 Å². The molecule has 1 fully saturated rings. The molecule has 1 N–H and O–H groups in total. The van der Waals surface area contributed by atoms with Crippen molar-refractivity contribution in [3.8, 4) is 0 Å². The van der Waals surface area contributed by atoms with Gasteiger partial charge in [-0.15, -0.1) is 6.58 Å². The number of piperazine rings is 1. The van der Waals surface area contributed by atoms with Crippen LogP contribution in [0.4, 0.5) is 5.69 Å². The first-order chi connectivity index (χ1) is 11.2. The van der Waals surface area contributed by atoms with E-state index in [4.69, 9.17) is 0 Å². The van der Waals surface area contributed by atoms with Crippen molar-refractivity contribution in [1.29, 1.82) is 0 Å². The second kappa shape index (κ2) is 18.5. The first-order valence-electron chi connectivity index (χ1n) is 8.98. The maximum atomic E-state index is 3.36. The van der Waals surface area contributed by atoms with Gasteiger partial charge in [-0.25, -0.2) is 0 Å². The van der Waals surface area contributed by atoms with Crippen molar-refractivity contribution < 1.29 is 0 Å². The molecule has 2 rings (SSSR count). The Labute approximate surface area is 145 Å². The van der Waals surface area contributed by atoms with Crippen LogP contribution in [0.1, 0.15) is 53.5 Å². The molecule has 2 heteroatoms. The third-order valence-electron chi connectivity index (χ3n) is 2.73. The lowest BCUT2D eigenvalue weighted by Gasteiger charge is -2.29. The third kappa shape index (κ3) is 12.7. The predicted molar refractivity (Wildman–Crippen MR) is 109 cm³/mol. The summed E-state index contributed by atoms with van der Waals surface area (Å²) in [5, 5.41) is 3.36. The summed E-state index contributed by atoms with van der Waals surface area (Å²) in [5.74, 6) is 0. The van der Waals surface area contributed by atoms with Crippen LogP contribution in [0.3, 0.4) is 0 Å². The molecule has 0 aromatic heterocycles. The van der Waals surface area contributed by atoms with Crippen LogP contribution in [0.25, 0.3) is 6.08 Å². The van der Waals surface area contributed by atoms with Gasteiger partial charge in [-0.1, -0.05) is 64.5 Å². The first-order valence-corrected chi connectivity index (χ1v) is 8.98. The molecule has 23 heavy (non-hydrogen) atoms. The maximum Gasteiger partial charge on any atom is 0.0367 e. The molecule has 0 radical (unpaired) electrons. The number of allylic oxidation sites excluding steroid dienone is 2. The number of anilines is 1. The first kappa shape index (κ1) is 23.7. The molecule has 1 aromatic rings. The minimum absolute atomic E-state index is 1.09. The highest BCUT2D eigenvalue weighted by atomic mass is 15.2. The van der Waals surface area contributed by atoms with Crippen LogP contribution in [-0.2, 0) is 0 Å². The zero-order valence-corrected chi connectivity index (χ0v) is 16.2. The number of nitrogens with one attached hydrogen (secondary N) is 1. The molecule has 0 bridgehead atoms. The van der Waals surface area contributed by atoms with Gasteiger partial charge in [0.1, 0.15) is 0 Å². The molecule has 0 saturated carbocycles. The Hall–Kier alpha value is -1.54. The van der Waals surface area contributed by atoms with Gasteiger partial charge in [0.2, 0.25) is 0 Å². The third-order valence-corrected chi connectivity index (χ3v) is 2.73. The van der Waals surface area contributed by atoms with Crippen molar-refractivity contribution in [2.45, 2.75) is 48.0 Å². The normalized spacial score (nSPS) is 12.9. The monoisotopic (exact) mass is 318 g/mol. The van der Waals surface area contributed by atoms with Gasteiger partial charge in [-0.3, -0.25) is 0 Å². The zero-order valence-electron chi connectivity index (χ0n) is 16.2. The molecule has 0 unspecified atom stereocenters. The lowest BCUT2D eigenvalue weighted by molar-refractivity contribution is 0.589. The van der Waals surface area contributed by atoms with Crippen molar-refractivity contribution in [3.05, 3.63) is 48.6 Å². The van der Waals surface area contributed by atoms with Gasteiger partial charge >= 0.3 is 0 Å². The molecule has 1 aliphatic rings. The minimum Gasteiger partial charge on any atom is -0.369 e. The second-order valence-corrected chi connectivity index (χ2v) is 4.94. The summed E-state index contributed by atoms with van der Waals surface area (Å²) in [6, 6.07) is 8.77. The van der Waals surface area contributed by atoms with E-state index in [9.17, 15) is 0 Å². The Kier molecular flexibility index (Phi) is 19.1. The molecule has 1 aromatic carbocycles. The lowest BCUT2D eigenvalue weighted by atomic mass is 10.1. The molecular weight excluding hydrogens is 280 g/mol. The average Bonchev–Trinajstić information content (AvgIpc) is 2.60. The number of hydrogen-bond acceptors (Lipinski definition) is 2.